The Morgan fingerprint density at radius 2 is 1.81 bits per heavy atom. The molecule has 1 aliphatic rings. The van der Waals surface area contributed by atoms with Crippen molar-refractivity contribution in [2.24, 2.45) is 0 Å². The molecular weight excluding hydrogens is 456 g/mol. The average molecular weight is 491 g/mol. The molecule has 36 heavy (non-hydrogen) atoms. The van der Waals surface area contributed by atoms with Gasteiger partial charge in [0.05, 0.1) is 11.9 Å². The predicted octanol–water partition coefficient (Wildman–Crippen LogP) is 3.99. The number of ether oxygens (including phenoxy) is 1. The van der Waals surface area contributed by atoms with E-state index >= 15 is 0 Å². The van der Waals surface area contributed by atoms with Gasteiger partial charge in [0.2, 0.25) is 5.91 Å². The van der Waals surface area contributed by atoms with Gasteiger partial charge in [-0.15, -0.1) is 0 Å². The monoisotopic (exact) mass is 490 g/mol. The van der Waals surface area contributed by atoms with Gasteiger partial charge in [-0.1, -0.05) is 18.2 Å². The van der Waals surface area contributed by atoms with Crippen molar-refractivity contribution in [2.45, 2.75) is 57.2 Å². The maximum atomic E-state index is 13.1. The number of pyridine rings is 1. The second kappa shape index (κ2) is 11.1. The minimum absolute atomic E-state index is 0.0376. The fourth-order valence-corrected chi connectivity index (χ4v) is 5.06. The van der Waals surface area contributed by atoms with Crippen LogP contribution >= 0.6 is 0 Å². The number of rotatable bonds is 8. The molecule has 3 N–H and O–H groups in total. The minimum Gasteiger partial charge on any atom is -0.489 e. The summed E-state index contributed by atoms with van der Waals surface area (Å²) in [4.78, 5) is 31.9. The first kappa shape index (κ1) is 25.6. The summed E-state index contributed by atoms with van der Waals surface area (Å²) in [7, 11) is 4.08. The molecule has 0 spiro atoms. The summed E-state index contributed by atoms with van der Waals surface area (Å²) in [6, 6.07) is 17.4. The van der Waals surface area contributed by atoms with Gasteiger partial charge in [0.1, 0.15) is 12.4 Å². The fourth-order valence-electron chi connectivity index (χ4n) is 5.06. The number of carbonyl (C=O) groups is 2. The Hall–Kier alpha value is -3.49. The zero-order valence-corrected chi connectivity index (χ0v) is 21.1. The molecule has 1 aromatic heterocycles. The van der Waals surface area contributed by atoms with Crippen LogP contribution < -0.4 is 15.5 Å². The van der Waals surface area contributed by atoms with Crippen molar-refractivity contribution in [2.75, 3.05) is 14.1 Å². The lowest BCUT2D eigenvalue weighted by Gasteiger charge is -2.42. The van der Waals surface area contributed by atoms with Gasteiger partial charge in [-0.2, -0.15) is 0 Å². The maximum Gasteiger partial charge on any atom is 0.251 e. The number of fused-ring (bicyclic) bond motifs is 1. The molecule has 8 heteroatoms. The third-order valence-electron chi connectivity index (χ3n) is 7.09. The van der Waals surface area contributed by atoms with Gasteiger partial charge >= 0.3 is 0 Å². The van der Waals surface area contributed by atoms with Crippen LogP contribution in [-0.4, -0.2) is 52.6 Å². The van der Waals surface area contributed by atoms with Gasteiger partial charge < -0.3 is 15.0 Å². The van der Waals surface area contributed by atoms with Crippen LogP contribution in [-0.2, 0) is 11.4 Å². The van der Waals surface area contributed by atoms with E-state index in [0.29, 0.717) is 36.8 Å². The van der Waals surface area contributed by atoms with Crippen molar-refractivity contribution >= 4 is 22.7 Å². The lowest BCUT2D eigenvalue weighted by Crippen LogP contribution is -2.54. The van der Waals surface area contributed by atoms with Gasteiger partial charge in [-0.3, -0.25) is 19.8 Å². The van der Waals surface area contributed by atoms with Gasteiger partial charge in [-0.25, -0.2) is 5.48 Å². The number of amides is 2. The van der Waals surface area contributed by atoms with E-state index in [1.165, 1.54) is 0 Å². The lowest BCUT2D eigenvalue weighted by molar-refractivity contribution is -0.131. The zero-order valence-electron chi connectivity index (χ0n) is 21.1. The predicted molar refractivity (Wildman–Crippen MR) is 138 cm³/mol. The van der Waals surface area contributed by atoms with Crippen molar-refractivity contribution in [3.63, 3.8) is 0 Å². The molecule has 0 saturated heterocycles. The van der Waals surface area contributed by atoms with Crippen LogP contribution in [0.5, 0.6) is 5.75 Å². The number of carbonyl (C=O) groups excluding carboxylic acids is 2. The van der Waals surface area contributed by atoms with E-state index in [1.54, 1.807) is 29.7 Å². The van der Waals surface area contributed by atoms with Gasteiger partial charge in [-0.05, 0) is 83.1 Å². The first-order valence-corrected chi connectivity index (χ1v) is 12.3. The SMILES string of the molecule is Cc1cc(COc2ccc(C(=O)N[C@]3(CC(=O)NO)CC[C@H](N(C)C)CC3)cc2)c2ccccc2n1. The van der Waals surface area contributed by atoms with Crippen LogP contribution in [0.2, 0.25) is 0 Å². The van der Waals surface area contributed by atoms with Crippen LogP contribution in [0, 0.1) is 6.92 Å². The molecule has 0 bridgehead atoms. The van der Waals surface area contributed by atoms with Crippen LogP contribution in [0.4, 0.5) is 0 Å². The normalized spacial score (nSPS) is 19.8. The number of aromatic nitrogens is 1. The molecule has 2 aromatic carbocycles. The molecule has 190 valence electrons. The summed E-state index contributed by atoms with van der Waals surface area (Å²) in [5, 5.41) is 13.2. The molecule has 2 amide bonds. The van der Waals surface area contributed by atoms with Crippen LogP contribution in [0.3, 0.4) is 0 Å². The highest BCUT2D eigenvalue weighted by Crippen LogP contribution is 2.33. The Bertz CT molecular complexity index is 1220. The highest BCUT2D eigenvalue weighted by atomic mass is 16.5. The molecule has 1 aliphatic carbocycles. The Morgan fingerprint density at radius 1 is 1.11 bits per heavy atom. The second-order valence-electron chi connectivity index (χ2n) is 9.89. The number of para-hydroxylation sites is 1. The fraction of sp³-hybridized carbons (Fsp3) is 0.393. The smallest absolute Gasteiger partial charge is 0.251 e. The number of aryl methyl sites for hydroxylation is 1. The molecule has 0 atom stereocenters. The summed E-state index contributed by atoms with van der Waals surface area (Å²) >= 11 is 0. The summed E-state index contributed by atoms with van der Waals surface area (Å²) in [5.74, 6) is -0.0847. The van der Waals surface area contributed by atoms with Gasteiger partial charge in [0.15, 0.2) is 0 Å². The van der Waals surface area contributed by atoms with Crippen molar-refractivity contribution in [3.8, 4) is 5.75 Å². The molecule has 0 aliphatic heterocycles. The number of hydrogen-bond donors (Lipinski definition) is 3. The molecule has 0 radical (unpaired) electrons. The standard InChI is InChI=1S/C28H34N4O4/c1-19-16-21(24-6-4-5-7-25(24)29-19)18-36-23-10-8-20(9-11-23)27(34)30-28(17-26(33)31-35)14-12-22(13-15-28)32(2)3/h4-11,16,22,35H,12-15,17-18H2,1-3H3,(H,30,34)(H,31,33)/t22-,28+. The molecule has 1 heterocycles. The number of nitrogens with one attached hydrogen (secondary N) is 2. The van der Waals surface area contributed by atoms with Crippen molar-refractivity contribution < 1.29 is 19.5 Å². The quantitative estimate of drug-likeness (QED) is 0.326. The molecule has 1 saturated carbocycles. The van der Waals surface area contributed by atoms with E-state index in [0.717, 1.165) is 35.0 Å². The van der Waals surface area contributed by atoms with Crippen LogP contribution in [0.15, 0.2) is 54.6 Å². The Morgan fingerprint density at radius 3 is 2.47 bits per heavy atom. The highest BCUT2D eigenvalue weighted by molar-refractivity contribution is 5.95. The van der Waals surface area contributed by atoms with E-state index < -0.39 is 11.4 Å². The second-order valence-corrected chi connectivity index (χ2v) is 9.89. The van der Waals surface area contributed by atoms with Crippen molar-refractivity contribution in [3.05, 3.63) is 71.4 Å². The summed E-state index contributed by atoms with van der Waals surface area (Å²) in [5.41, 5.74) is 4.44. The highest BCUT2D eigenvalue weighted by Gasteiger charge is 2.39. The average Bonchev–Trinajstić information content (AvgIpc) is 2.87. The molecule has 8 nitrogen and oxygen atoms in total. The molecule has 1 fully saturated rings. The minimum atomic E-state index is -0.689. The van der Waals surface area contributed by atoms with Crippen molar-refractivity contribution in [1.82, 2.24) is 20.7 Å². The third kappa shape index (κ3) is 6.01. The summed E-state index contributed by atoms with van der Waals surface area (Å²) in [6.07, 6.45) is 3.09. The number of hydroxylamine groups is 1. The van der Waals surface area contributed by atoms with E-state index in [1.807, 2.05) is 51.4 Å². The van der Waals surface area contributed by atoms with Crippen molar-refractivity contribution in [1.29, 1.82) is 0 Å². The Labute approximate surface area is 211 Å². The molecular formula is C28H34N4O4. The summed E-state index contributed by atoms with van der Waals surface area (Å²) < 4.78 is 6.02. The zero-order chi connectivity index (χ0) is 25.7. The van der Waals surface area contributed by atoms with E-state index in [-0.39, 0.29) is 12.3 Å². The number of benzene rings is 2. The number of hydrogen-bond acceptors (Lipinski definition) is 6. The first-order chi connectivity index (χ1) is 17.3. The molecule has 0 unspecified atom stereocenters. The van der Waals surface area contributed by atoms with Crippen LogP contribution in [0.25, 0.3) is 10.9 Å². The van der Waals surface area contributed by atoms with Gasteiger partial charge in [0.25, 0.3) is 5.91 Å². The first-order valence-electron chi connectivity index (χ1n) is 12.3. The Kier molecular flexibility index (Phi) is 7.86. The van der Waals surface area contributed by atoms with Crippen LogP contribution in [0.1, 0.15) is 53.7 Å². The van der Waals surface area contributed by atoms with Gasteiger partial charge in [0, 0.05) is 33.8 Å². The topological polar surface area (TPSA) is 104 Å². The molecule has 4 rings (SSSR count). The summed E-state index contributed by atoms with van der Waals surface area (Å²) in [6.45, 7) is 2.36. The Balaban J connectivity index is 1.42. The lowest BCUT2D eigenvalue weighted by atomic mass is 9.76. The third-order valence-corrected chi connectivity index (χ3v) is 7.09. The molecule has 3 aromatic rings. The van der Waals surface area contributed by atoms with E-state index in [4.69, 9.17) is 9.94 Å². The van der Waals surface area contributed by atoms with E-state index in [9.17, 15) is 9.59 Å². The number of nitrogens with zero attached hydrogens (tertiary/aromatic N) is 2. The van der Waals surface area contributed by atoms with E-state index in [2.05, 4.69) is 15.2 Å². The largest absolute Gasteiger partial charge is 0.489 e. The maximum absolute atomic E-state index is 13.1.